The van der Waals surface area contributed by atoms with Crippen molar-refractivity contribution in [2.75, 3.05) is 14.1 Å². The Morgan fingerprint density at radius 3 is 2.33 bits per heavy atom. The van der Waals surface area contributed by atoms with E-state index in [0.29, 0.717) is 5.56 Å². The Labute approximate surface area is 110 Å². The van der Waals surface area contributed by atoms with Crippen LogP contribution in [0, 0.1) is 5.82 Å². The fourth-order valence-corrected chi connectivity index (χ4v) is 2.69. The third-order valence-electron chi connectivity index (χ3n) is 3.74. The van der Waals surface area contributed by atoms with Crippen LogP contribution < -0.4 is 5.73 Å². The number of rotatable bonds is 6. The van der Waals surface area contributed by atoms with Crippen molar-refractivity contribution in [2.45, 2.75) is 44.7 Å². The summed E-state index contributed by atoms with van der Waals surface area (Å²) in [6.07, 6.45) is 2.72. The van der Waals surface area contributed by atoms with E-state index in [4.69, 9.17) is 5.73 Å². The first kappa shape index (κ1) is 15.1. The predicted molar refractivity (Wildman–Crippen MR) is 74.9 cm³/mol. The van der Waals surface area contributed by atoms with Gasteiger partial charge in [-0.25, -0.2) is 4.39 Å². The molecule has 0 spiro atoms. The Morgan fingerprint density at radius 1 is 1.28 bits per heavy atom. The van der Waals surface area contributed by atoms with Gasteiger partial charge in [0, 0.05) is 11.6 Å². The molecule has 0 bridgehead atoms. The maximum atomic E-state index is 14.0. The van der Waals surface area contributed by atoms with Crippen molar-refractivity contribution < 1.29 is 4.39 Å². The smallest absolute Gasteiger partial charge is 0.128 e. The minimum Gasteiger partial charge on any atom is -0.320 e. The number of benzene rings is 1. The first-order chi connectivity index (χ1) is 8.47. The largest absolute Gasteiger partial charge is 0.320 e. The highest BCUT2D eigenvalue weighted by atomic mass is 19.1. The molecular weight excluding hydrogens is 227 g/mol. The zero-order valence-electron chi connectivity index (χ0n) is 11.9. The van der Waals surface area contributed by atoms with E-state index in [1.54, 1.807) is 6.07 Å². The van der Waals surface area contributed by atoms with E-state index in [2.05, 4.69) is 11.8 Å². The Balaban J connectivity index is 3.22. The summed E-state index contributed by atoms with van der Waals surface area (Å²) in [4.78, 5) is 2.11. The first-order valence-corrected chi connectivity index (χ1v) is 6.67. The number of nitrogens with two attached hydrogens (primary N) is 1. The van der Waals surface area contributed by atoms with Crippen molar-refractivity contribution in [1.82, 2.24) is 4.90 Å². The molecule has 2 atom stereocenters. The lowest BCUT2D eigenvalue weighted by Crippen LogP contribution is -2.54. The molecule has 0 amide bonds. The van der Waals surface area contributed by atoms with Crippen molar-refractivity contribution in [2.24, 2.45) is 5.73 Å². The molecule has 102 valence electrons. The van der Waals surface area contributed by atoms with Crippen molar-refractivity contribution in [1.29, 1.82) is 0 Å². The van der Waals surface area contributed by atoms with Gasteiger partial charge in [0.05, 0.1) is 5.54 Å². The summed E-state index contributed by atoms with van der Waals surface area (Å²) in [5.74, 6) is -0.204. The molecule has 0 saturated heterocycles. The minimum atomic E-state index is -0.634. The van der Waals surface area contributed by atoms with Gasteiger partial charge in [-0.15, -0.1) is 0 Å². The highest BCUT2D eigenvalue weighted by Gasteiger charge is 2.37. The molecule has 0 aliphatic carbocycles. The number of hydrogen-bond donors (Lipinski definition) is 1. The van der Waals surface area contributed by atoms with Crippen LogP contribution in [0.25, 0.3) is 0 Å². The molecule has 0 aliphatic rings. The first-order valence-electron chi connectivity index (χ1n) is 6.67. The summed E-state index contributed by atoms with van der Waals surface area (Å²) in [6.45, 7) is 4.16. The normalized spacial score (nSPS) is 16.6. The van der Waals surface area contributed by atoms with Crippen LogP contribution >= 0.6 is 0 Å². The molecule has 1 aromatic rings. The number of likely N-dealkylation sites (N-methyl/N-ethyl adjacent to an activating group) is 1. The second kappa shape index (κ2) is 6.30. The Hall–Kier alpha value is -0.930. The highest BCUT2D eigenvalue weighted by molar-refractivity contribution is 5.28. The summed E-state index contributed by atoms with van der Waals surface area (Å²) in [7, 11) is 4.02. The SMILES string of the molecule is CCCC(N(C)C)C(N)(CC)c1ccccc1F. The Bertz CT molecular complexity index is 379. The van der Waals surface area contributed by atoms with Crippen molar-refractivity contribution >= 4 is 0 Å². The summed E-state index contributed by atoms with van der Waals surface area (Å²) in [5.41, 5.74) is 6.56. The zero-order valence-corrected chi connectivity index (χ0v) is 11.9. The molecule has 3 heteroatoms. The van der Waals surface area contributed by atoms with Crippen LogP contribution in [0.3, 0.4) is 0 Å². The molecule has 0 saturated carbocycles. The lowest BCUT2D eigenvalue weighted by molar-refractivity contribution is 0.155. The lowest BCUT2D eigenvalue weighted by Gasteiger charge is -2.41. The molecule has 2 unspecified atom stereocenters. The fraction of sp³-hybridized carbons (Fsp3) is 0.600. The molecule has 0 radical (unpaired) electrons. The topological polar surface area (TPSA) is 29.3 Å². The maximum absolute atomic E-state index is 14.0. The molecule has 0 aliphatic heterocycles. The minimum absolute atomic E-state index is 0.143. The number of hydrogen-bond acceptors (Lipinski definition) is 2. The standard InChI is InChI=1S/C15H25FN2/c1-5-9-14(18(3)4)15(17,6-2)12-10-7-8-11-13(12)16/h7-8,10-11,14H,5-6,9,17H2,1-4H3. The molecule has 2 N–H and O–H groups in total. The second-order valence-electron chi connectivity index (χ2n) is 5.14. The third-order valence-corrected chi connectivity index (χ3v) is 3.74. The molecule has 0 fully saturated rings. The summed E-state index contributed by atoms with van der Waals surface area (Å²) >= 11 is 0. The molecule has 0 heterocycles. The lowest BCUT2D eigenvalue weighted by atomic mass is 9.78. The zero-order chi connectivity index (χ0) is 13.8. The van der Waals surface area contributed by atoms with E-state index >= 15 is 0 Å². The fourth-order valence-electron chi connectivity index (χ4n) is 2.69. The van der Waals surface area contributed by atoms with E-state index in [0.717, 1.165) is 19.3 Å². The Morgan fingerprint density at radius 2 is 1.89 bits per heavy atom. The van der Waals surface area contributed by atoms with E-state index in [-0.39, 0.29) is 11.9 Å². The van der Waals surface area contributed by atoms with Gasteiger partial charge in [-0.05, 0) is 33.0 Å². The molecular formula is C15H25FN2. The van der Waals surface area contributed by atoms with E-state index in [1.807, 2.05) is 33.2 Å². The van der Waals surface area contributed by atoms with Crippen LogP contribution in [0.4, 0.5) is 4.39 Å². The van der Waals surface area contributed by atoms with Gasteiger partial charge in [0.2, 0.25) is 0 Å². The molecule has 1 rings (SSSR count). The summed E-state index contributed by atoms with van der Waals surface area (Å²) < 4.78 is 14.0. The average molecular weight is 252 g/mol. The monoisotopic (exact) mass is 252 g/mol. The van der Waals surface area contributed by atoms with E-state index in [9.17, 15) is 4.39 Å². The van der Waals surface area contributed by atoms with Gasteiger partial charge >= 0.3 is 0 Å². The third kappa shape index (κ3) is 2.90. The van der Waals surface area contributed by atoms with Crippen molar-refractivity contribution in [3.63, 3.8) is 0 Å². The van der Waals surface area contributed by atoms with Gasteiger partial charge in [0.25, 0.3) is 0 Å². The van der Waals surface area contributed by atoms with Crippen LogP contribution in [0.15, 0.2) is 24.3 Å². The number of nitrogens with zero attached hydrogens (tertiary/aromatic N) is 1. The molecule has 18 heavy (non-hydrogen) atoms. The average Bonchev–Trinajstić information content (AvgIpc) is 2.35. The second-order valence-corrected chi connectivity index (χ2v) is 5.14. The summed E-state index contributed by atoms with van der Waals surface area (Å²) in [6, 6.07) is 7.01. The summed E-state index contributed by atoms with van der Waals surface area (Å²) in [5, 5.41) is 0. The maximum Gasteiger partial charge on any atom is 0.128 e. The van der Waals surface area contributed by atoms with Gasteiger partial charge in [-0.2, -0.15) is 0 Å². The van der Waals surface area contributed by atoms with Gasteiger partial charge in [0.15, 0.2) is 0 Å². The molecule has 1 aromatic carbocycles. The number of halogens is 1. The molecule has 2 nitrogen and oxygen atoms in total. The molecule has 0 aromatic heterocycles. The van der Waals surface area contributed by atoms with Crippen LogP contribution in [0.5, 0.6) is 0 Å². The van der Waals surface area contributed by atoms with Gasteiger partial charge in [-0.1, -0.05) is 38.5 Å². The quantitative estimate of drug-likeness (QED) is 0.843. The van der Waals surface area contributed by atoms with Crippen molar-refractivity contribution in [3.05, 3.63) is 35.6 Å². The van der Waals surface area contributed by atoms with Gasteiger partial charge in [0.1, 0.15) is 5.82 Å². The highest BCUT2D eigenvalue weighted by Crippen LogP contribution is 2.32. The van der Waals surface area contributed by atoms with Crippen LogP contribution in [-0.2, 0) is 5.54 Å². The predicted octanol–water partition coefficient (Wildman–Crippen LogP) is 3.12. The Kier molecular flexibility index (Phi) is 5.29. The van der Waals surface area contributed by atoms with Gasteiger partial charge < -0.3 is 10.6 Å². The van der Waals surface area contributed by atoms with Crippen LogP contribution in [-0.4, -0.2) is 25.0 Å². The van der Waals surface area contributed by atoms with Crippen LogP contribution in [0.1, 0.15) is 38.7 Å². The van der Waals surface area contributed by atoms with Gasteiger partial charge in [-0.3, -0.25) is 0 Å². The van der Waals surface area contributed by atoms with E-state index in [1.165, 1.54) is 6.07 Å². The van der Waals surface area contributed by atoms with Crippen LogP contribution in [0.2, 0.25) is 0 Å². The van der Waals surface area contributed by atoms with Crippen molar-refractivity contribution in [3.8, 4) is 0 Å². The van der Waals surface area contributed by atoms with E-state index < -0.39 is 5.54 Å².